The molecule has 0 bridgehead atoms. The number of unbranched alkanes of at least 4 members (excludes halogenated alkanes) is 1. The summed E-state index contributed by atoms with van der Waals surface area (Å²) >= 11 is 0. The first-order valence-corrected chi connectivity index (χ1v) is 8.55. The van der Waals surface area contributed by atoms with Crippen molar-refractivity contribution in [3.8, 4) is 0 Å². The maximum atomic E-state index is 11.7. The number of hydrogen-bond acceptors (Lipinski definition) is 4. The quantitative estimate of drug-likeness (QED) is 0.553. The van der Waals surface area contributed by atoms with E-state index in [1.165, 1.54) is 25.9 Å². The lowest BCUT2D eigenvalue weighted by Gasteiger charge is -2.34. The van der Waals surface area contributed by atoms with E-state index in [0.717, 1.165) is 31.2 Å². The SMILES string of the molecule is CCOC(=O)C(C)(N)CCCCN1CCC(C(C)C)CC1. The van der Waals surface area contributed by atoms with E-state index in [4.69, 9.17) is 10.5 Å². The van der Waals surface area contributed by atoms with Crippen molar-refractivity contribution in [1.29, 1.82) is 0 Å². The molecule has 0 aromatic rings. The fourth-order valence-electron chi connectivity index (χ4n) is 3.07. The molecule has 4 nitrogen and oxygen atoms in total. The van der Waals surface area contributed by atoms with Gasteiger partial charge in [0, 0.05) is 0 Å². The normalized spacial score (nSPS) is 20.5. The Bertz CT molecular complexity index is 308. The molecule has 1 unspecified atom stereocenters. The van der Waals surface area contributed by atoms with Crippen LogP contribution >= 0.6 is 0 Å². The van der Waals surface area contributed by atoms with Crippen LogP contribution in [0.5, 0.6) is 0 Å². The van der Waals surface area contributed by atoms with Crippen molar-refractivity contribution in [2.45, 2.75) is 65.3 Å². The molecular weight excluding hydrogens is 264 g/mol. The molecule has 1 aliphatic rings. The van der Waals surface area contributed by atoms with E-state index in [0.29, 0.717) is 13.0 Å². The van der Waals surface area contributed by atoms with Gasteiger partial charge in [-0.05, 0) is 77.4 Å². The first kappa shape index (κ1) is 18.4. The van der Waals surface area contributed by atoms with Crippen LogP contribution in [0.1, 0.15) is 59.8 Å². The topological polar surface area (TPSA) is 55.6 Å². The molecule has 0 amide bonds. The highest BCUT2D eigenvalue weighted by molar-refractivity contribution is 5.79. The van der Waals surface area contributed by atoms with Crippen molar-refractivity contribution in [2.75, 3.05) is 26.2 Å². The van der Waals surface area contributed by atoms with Crippen molar-refractivity contribution < 1.29 is 9.53 Å². The number of carbonyl (C=O) groups excluding carboxylic acids is 1. The summed E-state index contributed by atoms with van der Waals surface area (Å²) in [5.74, 6) is 1.44. The molecule has 0 aromatic heterocycles. The summed E-state index contributed by atoms with van der Waals surface area (Å²) in [5, 5.41) is 0. The molecular formula is C17H34N2O2. The molecule has 1 rings (SSSR count). The predicted molar refractivity (Wildman–Crippen MR) is 87.1 cm³/mol. The fourth-order valence-corrected chi connectivity index (χ4v) is 3.07. The van der Waals surface area contributed by atoms with Gasteiger partial charge in [-0.2, -0.15) is 0 Å². The number of esters is 1. The minimum absolute atomic E-state index is 0.275. The molecule has 2 N–H and O–H groups in total. The van der Waals surface area contributed by atoms with Gasteiger partial charge in [0.15, 0.2) is 0 Å². The Morgan fingerprint density at radius 2 is 1.95 bits per heavy atom. The molecule has 1 saturated heterocycles. The molecule has 124 valence electrons. The van der Waals surface area contributed by atoms with Crippen LogP contribution < -0.4 is 5.73 Å². The number of rotatable bonds is 8. The van der Waals surface area contributed by atoms with Gasteiger partial charge in [-0.15, -0.1) is 0 Å². The zero-order valence-electron chi connectivity index (χ0n) is 14.4. The van der Waals surface area contributed by atoms with Crippen LogP contribution in [0.3, 0.4) is 0 Å². The van der Waals surface area contributed by atoms with Gasteiger partial charge in [0.2, 0.25) is 0 Å². The third kappa shape index (κ3) is 6.35. The molecule has 0 aromatic carbocycles. The highest BCUT2D eigenvalue weighted by atomic mass is 16.5. The highest BCUT2D eigenvalue weighted by Gasteiger charge is 2.29. The highest BCUT2D eigenvalue weighted by Crippen LogP contribution is 2.24. The van der Waals surface area contributed by atoms with Gasteiger partial charge in [-0.3, -0.25) is 4.79 Å². The first-order chi connectivity index (χ1) is 9.86. The van der Waals surface area contributed by atoms with Crippen LogP contribution in [0.2, 0.25) is 0 Å². The molecule has 1 atom stereocenters. The van der Waals surface area contributed by atoms with Crippen LogP contribution in [-0.2, 0) is 9.53 Å². The number of carbonyl (C=O) groups is 1. The van der Waals surface area contributed by atoms with Crippen molar-refractivity contribution >= 4 is 5.97 Å². The lowest BCUT2D eigenvalue weighted by Crippen LogP contribution is -2.46. The van der Waals surface area contributed by atoms with E-state index in [-0.39, 0.29) is 5.97 Å². The van der Waals surface area contributed by atoms with E-state index in [9.17, 15) is 4.79 Å². The lowest BCUT2D eigenvalue weighted by atomic mass is 9.86. The molecule has 1 fully saturated rings. The maximum Gasteiger partial charge on any atom is 0.325 e. The van der Waals surface area contributed by atoms with Crippen LogP contribution in [0.15, 0.2) is 0 Å². The van der Waals surface area contributed by atoms with E-state index in [2.05, 4.69) is 18.7 Å². The molecule has 1 heterocycles. The largest absolute Gasteiger partial charge is 0.465 e. The second-order valence-electron chi connectivity index (χ2n) is 7.02. The summed E-state index contributed by atoms with van der Waals surface area (Å²) < 4.78 is 5.01. The summed E-state index contributed by atoms with van der Waals surface area (Å²) in [6.07, 6.45) is 5.45. The molecule has 21 heavy (non-hydrogen) atoms. The van der Waals surface area contributed by atoms with Gasteiger partial charge >= 0.3 is 5.97 Å². The fraction of sp³-hybridized carbons (Fsp3) is 0.941. The average Bonchev–Trinajstić information content (AvgIpc) is 2.44. The molecule has 4 heteroatoms. The summed E-state index contributed by atoms with van der Waals surface area (Å²) in [6, 6.07) is 0. The summed E-state index contributed by atoms with van der Waals surface area (Å²) in [5.41, 5.74) is 5.20. The van der Waals surface area contributed by atoms with Crippen LogP contribution in [0, 0.1) is 11.8 Å². The zero-order valence-corrected chi connectivity index (χ0v) is 14.4. The molecule has 1 aliphatic heterocycles. The third-order valence-electron chi connectivity index (χ3n) is 4.74. The van der Waals surface area contributed by atoms with Crippen LogP contribution in [0.25, 0.3) is 0 Å². The number of likely N-dealkylation sites (tertiary alicyclic amines) is 1. The van der Waals surface area contributed by atoms with Crippen molar-refractivity contribution in [2.24, 2.45) is 17.6 Å². The molecule has 0 saturated carbocycles. The van der Waals surface area contributed by atoms with Crippen LogP contribution in [-0.4, -0.2) is 42.6 Å². The number of hydrogen-bond donors (Lipinski definition) is 1. The van der Waals surface area contributed by atoms with Crippen molar-refractivity contribution in [3.05, 3.63) is 0 Å². The van der Waals surface area contributed by atoms with Crippen molar-refractivity contribution in [3.63, 3.8) is 0 Å². The Morgan fingerprint density at radius 1 is 1.33 bits per heavy atom. The second kappa shape index (κ2) is 8.74. The zero-order chi connectivity index (χ0) is 15.9. The van der Waals surface area contributed by atoms with Crippen molar-refractivity contribution in [1.82, 2.24) is 4.90 Å². The number of nitrogens with zero attached hydrogens (tertiary/aromatic N) is 1. The van der Waals surface area contributed by atoms with E-state index < -0.39 is 5.54 Å². The smallest absolute Gasteiger partial charge is 0.325 e. The van der Waals surface area contributed by atoms with E-state index in [1.807, 2.05) is 6.92 Å². The Balaban J connectivity index is 2.16. The van der Waals surface area contributed by atoms with Gasteiger partial charge in [0.25, 0.3) is 0 Å². The predicted octanol–water partition coefficient (Wildman–Crippen LogP) is 2.81. The maximum absolute atomic E-state index is 11.7. The van der Waals surface area contributed by atoms with Gasteiger partial charge in [-0.25, -0.2) is 0 Å². The minimum Gasteiger partial charge on any atom is -0.465 e. The number of ether oxygens (including phenoxy) is 1. The molecule has 0 radical (unpaired) electrons. The van der Waals surface area contributed by atoms with E-state index >= 15 is 0 Å². The number of piperidine rings is 1. The lowest BCUT2D eigenvalue weighted by molar-refractivity contribution is -0.149. The van der Waals surface area contributed by atoms with Gasteiger partial charge in [0.1, 0.15) is 5.54 Å². The number of nitrogens with two attached hydrogens (primary N) is 1. The molecule has 0 spiro atoms. The van der Waals surface area contributed by atoms with E-state index in [1.54, 1.807) is 6.92 Å². The van der Waals surface area contributed by atoms with Gasteiger partial charge in [0.05, 0.1) is 6.61 Å². The monoisotopic (exact) mass is 298 g/mol. The summed E-state index contributed by atoms with van der Waals surface area (Å²) in [7, 11) is 0. The van der Waals surface area contributed by atoms with Crippen LogP contribution in [0.4, 0.5) is 0 Å². The second-order valence-corrected chi connectivity index (χ2v) is 7.02. The average molecular weight is 298 g/mol. The standard InChI is InChI=1S/C17H34N2O2/c1-5-21-16(20)17(4,18)10-6-7-11-19-12-8-15(9-13-19)14(2)3/h14-15H,5-13,18H2,1-4H3. The minimum atomic E-state index is -0.833. The Kier molecular flexibility index (Phi) is 7.67. The Labute approximate surface area is 130 Å². The van der Waals surface area contributed by atoms with Gasteiger partial charge < -0.3 is 15.4 Å². The third-order valence-corrected chi connectivity index (χ3v) is 4.74. The first-order valence-electron chi connectivity index (χ1n) is 8.55. The molecule has 0 aliphatic carbocycles. The summed E-state index contributed by atoms with van der Waals surface area (Å²) in [4.78, 5) is 14.3. The Morgan fingerprint density at radius 3 is 2.48 bits per heavy atom. The Hall–Kier alpha value is -0.610. The van der Waals surface area contributed by atoms with Gasteiger partial charge in [-0.1, -0.05) is 13.8 Å². The summed E-state index contributed by atoms with van der Waals surface area (Å²) in [6.45, 7) is 12.2.